The van der Waals surface area contributed by atoms with Crippen LogP contribution in [0.3, 0.4) is 0 Å². The van der Waals surface area contributed by atoms with E-state index in [1.165, 1.54) is 30.2 Å². The van der Waals surface area contributed by atoms with Crippen molar-refractivity contribution in [1.29, 1.82) is 0 Å². The molecule has 1 aliphatic heterocycles. The molecule has 1 heterocycles. The standard InChI is InChI=1S/C19H14Cl2N2O5S/c1-23-17(25)15(7-9-5-13(21)16(24)14(6-9)28-2)29-19(23)22-10-3-4-12(20)11(8-10)18(26)27/h3-8,24H,1-2H3,(H,26,27)/b15-7-,22-19?. The van der Waals surface area contributed by atoms with Crippen LogP contribution in [0.2, 0.25) is 10.0 Å². The van der Waals surface area contributed by atoms with Crippen LogP contribution in [0, 0.1) is 0 Å². The van der Waals surface area contributed by atoms with Crippen LogP contribution in [0.1, 0.15) is 15.9 Å². The molecule has 0 aliphatic carbocycles. The molecule has 2 aromatic rings. The first kappa shape index (κ1) is 21.0. The SMILES string of the molecule is COc1cc(/C=C2\SC(=Nc3ccc(Cl)c(C(=O)O)c3)N(C)C2=O)cc(Cl)c1O. The van der Waals surface area contributed by atoms with Crippen LogP contribution in [0.25, 0.3) is 6.08 Å². The van der Waals surface area contributed by atoms with E-state index < -0.39 is 5.97 Å². The number of halogens is 2. The maximum atomic E-state index is 12.6. The predicted molar refractivity (Wildman–Crippen MR) is 114 cm³/mol. The second-order valence-corrected chi connectivity index (χ2v) is 7.72. The van der Waals surface area contributed by atoms with Crippen LogP contribution < -0.4 is 4.74 Å². The Hall–Kier alpha value is -2.68. The first-order chi connectivity index (χ1) is 13.7. The summed E-state index contributed by atoms with van der Waals surface area (Å²) in [7, 11) is 2.96. The number of benzene rings is 2. The van der Waals surface area contributed by atoms with E-state index in [9.17, 15) is 19.8 Å². The van der Waals surface area contributed by atoms with Crippen LogP contribution in [0.4, 0.5) is 5.69 Å². The van der Waals surface area contributed by atoms with Crippen LogP contribution in [0.5, 0.6) is 11.5 Å². The van der Waals surface area contributed by atoms with Gasteiger partial charge in [0.2, 0.25) is 0 Å². The number of aromatic carboxylic acids is 1. The van der Waals surface area contributed by atoms with Gasteiger partial charge in [0, 0.05) is 7.05 Å². The lowest BCUT2D eigenvalue weighted by Gasteiger charge is -2.08. The largest absolute Gasteiger partial charge is 0.503 e. The Kier molecular flexibility index (Phi) is 6.07. The van der Waals surface area contributed by atoms with Gasteiger partial charge in [-0.3, -0.25) is 9.69 Å². The first-order valence-electron chi connectivity index (χ1n) is 8.07. The van der Waals surface area contributed by atoms with Gasteiger partial charge in [-0.1, -0.05) is 23.2 Å². The zero-order valence-corrected chi connectivity index (χ0v) is 17.5. The Morgan fingerprint density at radius 3 is 2.62 bits per heavy atom. The van der Waals surface area contributed by atoms with Gasteiger partial charge in [0.1, 0.15) is 0 Å². The minimum absolute atomic E-state index is 0.0768. The molecule has 0 aromatic heterocycles. The number of phenols is 1. The number of hydrogen-bond donors (Lipinski definition) is 2. The minimum atomic E-state index is -1.17. The lowest BCUT2D eigenvalue weighted by molar-refractivity contribution is -0.121. The van der Waals surface area contributed by atoms with E-state index >= 15 is 0 Å². The normalized spacial score (nSPS) is 16.7. The zero-order chi connectivity index (χ0) is 21.3. The topological polar surface area (TPSA) is 99.4 Å². The third kappa shape index (κ3) is 4.34. The molecule has 1 saturated heterocycles. The third-order valence-electron chi connectivity index (χ3n) is 3.98. The highest BCUT2D eigenvalue weighted by Gasteiger charge is 2.30. The van der Waals surface area contributed by atoms with Crippen LogP contribution in [0.15, 0.2) is 40.2 Å². The average Bonchev–Trinajstić information content (AvgIpc) is 2.93. The zero-order valence-electron chi connectivity index (χ0n) is 15.1. The molecule has 2 N–H and O–H groups in total. The molecule has 150 valence electrons. The molecule has 0 saturated carbocycles. The van der Waals surface area contributed by atoms with E-state index in [1.807, 2.05) is 0 Å². The summed E-state index contributed by atoms with van der Waals surface area (Å²) in [6.07, 6.45) is 1.60. The smallest absolute Gasteiger partial charge is 0.337 e. The number of carboxylic acids is 1. The third-order valence-corrected chi connectivity index (χ3v) is 5.65. The number of phenolic OH excluding ortho intramolecular Hbond substituents is 1. The quantitative estimate of drug-likeness (QED) is 0.655. The summed E-state index contributed by atoms with van der Waals surface area (Å²) < 4.78 is 5.07. The van der Waals surface area contributed by atoms with Crippen molar-refractivity contribution >= 4 is 63.8 Å². The fourth-order valence-corrected chi connectivity index (χ4v) is 3.90. The van der Waals surface area contributed by atoms with Gasteiger partial charge < -0.3 is 14.9 Å². The van der Waals surface area contributed by atoms with E-state index in [0.717, 1.165) is 11.8 Å². The van der Waals surface area contributed by atoms with Gasteiger partial charge >= 0.3 is 5.97 Å². The number of amidine groups is 1. The number of thioether (sulfide) groups is 1. The molecule has 3 rings (SSSR count). The summed E-state index contributed by atoms with van der Waals surface area (Å²) in [4.78, 5) is 29.9. The minimum Gasteiger partial charge on any atom is -0.503 e. The molecule has 0 spiro atoms. The number of ether oxygens (including phenoxy) is 1. The molecule has 7 nitrogen and oxygen atoms in total. The number of nitrogens with zero attached hydrogens (tertiary/aromatic N) is 2. The van der Waals surface area contributed by atoms with E-state index in [2.05, 4.69) is 4.99 Å². The van der Waals surface area contributed by atoms with Gasteiger partial charge in [0.05, 0.1) is 33.3 Å². The van der Waals surface area contributed by atoms with Crippen LogP contribution >= 0.6 is 35.0 Å². The highest BCUT2D eigenvalue weighted by Crippen LogP contribution is 2.38. The van der Waals surface area contributed by atoms with Gasteiger partial charge in [-0.2, -0.15) is 0 Å². The number of likely N-dealkylation sites (N-methyl/N-ethyl adjacent to an activating group) is 1. The van der Waals surface area contributed by atoms with Gasteiger partial charge in [-0.15, -0.1) is 0 Å². The van der Waals surface area contributed by atoms with Crippen molar-refractivity contribution < 1.29 is 24.5 Å². The molecule has 2 aromatic carbocycles. The number of rotatable bonds is 4. The molecule has 0 unspecified atom stereocenters. The van der Waals surface area contributed by atoms with E-state index in [0.29, 0.717) is 21.3 Å². The molecule has 0 atom stereocenters. The summed E-state index contributed by atoms with van der Waals surface area (Å²) in [5.41, 5.74) is 0.839. The van der Waals surface area contributed by atoms with Crippen LogP contribution in [-0.2, 0) is 4.79 Å². The molecular formula is C19H14Cl2N2O5S. The Bertz CT molecular complexity index is 1080. The van der Waals surface area contributed by atoms with Crippen LogP contribution in [-0.4, -0.2) is 46.3 Å². The number of methoxy groups -OCH3 is 1. The lowest BCUT2D eigenvalue weighted by Crippen LogP contribution is -2.23. The van der Waals surface area contributed by atoms with Crippen molar-refractivity contribution in [2.24, 2.45) is 4.99 Å². The summed E-state index contributed by atoms with van der Waals surface area (Å²) in [6.45, 7) is 0. The first-order valence-corrected chi connectivity index (χ1v) is 9.64. The molecule has 10 heteroatoms. The summed E-state index contributed by atoms with van der Waals surface area (Å²) in [6, 6.07) is 7.40. The predicted octanol–water partition coefficient (Wildman–Crippen LogP) is 4.64. The number of aromatic hydroxyl groups is 1. The molecular weight excluding hydrogens is 439 g/mol. The Morgan fingerprint density at radius 1 is 1.24 bits per heavy atom. The highest BCUT2D eigenvalue weighted by molar-refractivity contribution is 8.18. The number of carbonyl (C=O) groups excluding carboxylic acids is 1. The Labute approximate surface area is 180 Å². The number of amides is 1. The van der Waals surface area contributed by atoms with Crippen molar-refractivity contribution in [3.05, 3.63) is 56.4 Å². The van der Waals surface area contributed by atoms with E-state index in [-0.39, 0.29) is 33.0 Å². The highest BCUT2D eigenvalue weighted by atomic mass is 35.5. The van der Waals surface area contributed by atoms with Crippen molar-refractivity contribution in [2.45, 2.75) is 0 Å². The number of aliphatic imine (C=N–C) groups is 1. The van der Waals surface area contributed by atoms with E-state index in [1.54, 1.807) is 25.3 Å². The van der Waals surface area contributed by atoms with Gasteiger partial charge in [0.25, 0.3) is 5.91 Å². The molecule has 0 bridgehead atoms. The fourth-order valence-electron chi connectivity index (χ4n) is 2.49. The molecule has 0 radical (unpaired) electrons. The van der Waals surface area contributed by atoms with Crippen molar-refractivity contribution in [2.75, 3.05) is 14.2 Å². The molecule has 29 heavy (non-hydrogen) atoms. The average molecular weight is 453 g/mol. The second-order valence-electron chi connectivity index (χ2n) is 5.89. The van der Waals surface area contributed by atoms with Crippen molar-refractivity contribution in [3.63, 3.8) is 0 Å². The molecule has 1 aliphatic rings. The number of hydrogen-bond acceptors (Lipinski definition) is 6. The maximum absolute atomic E-state index is 12.6. The second kappa shape index (κ2) is 8.36. The Balaban J connectivity index is 1.95. The van der Waals surface area contributed by atoms with Crippen molar-refractivity contribution in [3.8, 4) is 11.5 Å². The summed E-state index contributed by atoms with van der Waals surface area (Å²) >= 11 is 13.0. The summed E-state index contributed by atoms with van der Waals surface area (Å²) in [5.74, 6) is -1.45. The number of carboxylic acid groups (broad SMARTS) is 1. The monoisotopic (exact) mass is 452 g/mol. The van der Waals surface area contributed by atoms with E-state index in [4.69, 9.17) is 27.9 Å². The number of carbonyl (C=O) groups is 2. The van der Waals surface area contributed by atoms with Gasteiger partial charge in [-0.05, 0) is 53.7 Å². The van der Waals surface area contributed by atoms with Crippen molar-refractivity contribution in [1.82, 2.24) is 4.90 Å². The Morgan fingerprint density at radius 2 is 1.97 bits per heavy atom. The van der Waals surface area contributed by atoms with Gasteiger partial charge in [0.15, 0.2) is 16.7 Å². The fraction of sp³-hybridized carbons (Fsp3) is 0.105. The maximum Gasteiger partial charge on any atom is 0.337 e. The lowest BCUT2D eigenvalue weighted by atomic mass is 10.2. The molecule has 1 fully saturated rings. The molecule has 1 amide bonds. The van der Waals surface area contributed by atoms with Gasteiger partial charge in [-0.25, -0.2) is 9.79 Å². The summed E-state index contributed by atoms with van der Waals surface area (Å²) in [5, 5.41) is 19.6.